The lowest BCUT2D eigenvalue weighted by molar-refractivity contribution is 0.0697. The normalized spacial score (nSPS) is 12.6. The molecule has 2 aromatic heterocycles. The minimum absolute atomic E-state index is 0.124. The largest absolute Gasteiger partial charge is 0.493 e. The number of benzene rings is 2. The highest BCUT2D eigenvalue weighted by Crippen LogP contribution is 2.39. The van der Waals surface area contributed by atoms with Gasteiger partial charge in [-0.15, -0.1) is 10.2 Å². The highest BCUT2D eigenvalue weighted by atomic mass is 32.2. The van der Waals surface area contributed by atoms with Crippen molar-refractivity contribution in [2.24, 2.45) is 17.3 Å². The number of hydrogen-bond donors (Lipinski definition) is 3. The minimum Gasteiger partial charge on any atom is -0.493 e. The Labute approximate surface area is 186 Å². The third-order valence-corrected chi connectivity index (χ3v) is 5.83. The lowest BCUT2D eigenvalue weighted by Gasteiger charge is -2.12. The van der Waals surface area contributed by atoms with Crippen LogP contribution in [0.15, 0.2) is 63.9 Å². The SMILES string of the molecule is Cn1nnnc1SCC(O)Cn1c(O)c(N=Nc2ccc(C(=O)O)cc2)c2ccccc21. The lowest BCUT2D eigenvalue weighted by Crippen LogP contribution is -2.18. The zero-order valence-corrected chi connectivity index (χ0v) is 17.7. The van der Waals surface area contributed by atoms with E-state index in [2.05, 4.69) is 25.8 Å². The van der Waals surface area contributed by atoms with Crippen LogP contribution in [0.25, 0.3) is 10.9 Å². The van der Waals surface area contributed by atoms with Gasteiger partial charge in [0, 0.05) is 18.2 Å². The number of nitrogens with zero attached hydrogens (tertiary/aromatic N) is 7. The van der Waals surface area contributed by atoms with Crippen molar-refractivity contribution < 1.29 is 20.1 Å². The summed E-state index contributed by atoms with van der Waals surface area (Å²) in [7, 11) is 1.71. The average Bonchev–Trinajstić information content (AvgIpc) is 3.32. The molecule has 0 saturated carbocycles. The number of azo groups is 1. The van der Waals surface area contributed by atoms with Crippen LogP contribution in [-0.2, 0) is 13.6 Å². The van der Waals surface area contributed by atoms with Crippen LogP contribution in [0.1, 0.15) is 10.4 Å². The molecule has 2 aromatic carbocycles. The summed E-state index contributed by atoms with van der Waals surface area (Å²) in [6.45, 7) is 0.132. The monoisotopic (exact) mass is 453 g/mol. The van der Waals surface area contributed by atoms with Crippen molar-refractivity contribution in [1.29, 1.82) is 0 Å². The number of hydrogen-bond acceptors (Lipinski definition) is 9. The fraction of sp³-hybridized carbons (Fsp3) is 0.200. The summed E-state index contributed by atoms with van der Waals surface area (Å²) in [6.07, 6.45) is -0.785. The molecular formula is C20H19N7O4S. The van der Waals surface area contributed by atoms with Crippen molar-refractivity contribution in [3.05, 3.63) is 54.1 Å². The molecule has 0 saturated heterocycles. The number of aromatic carboxylic acids is 1. The molecule has 2 heterocycles. The maximum Gasteiger partial charge on any atom is 0.335 e. The van der Waals surface area contributed by atoms with Gasteiger partial charge in [-0.05, 0) is 40.8 Å². The highest BCUT2D eigenvalue weighted by Gasteiger charge is 2.19. The Bertz CT molecular complexity index is 1280. The van der Waals surface area contributed by atoms with Crippen molar-refractivity contribution in [2.75, 3.05) is 5.75 Å². The summed E-state index contributed by atoms with van der Waals surface area (Å²) >= 11 is 1.31. The number of para-hydroxylation sites is 1. The molecule has 0 bridgehead atoms. The molecule has 12 heteroatoms. The molecule has 164 valence electrons. The van der Waals surface area contributed by atoms with Gasteiger partial charge < -0.3 is 19.9 Å². The Hall–Kier alpha value is -3.77. The minimum atomic E-state index is -1.03. The van der Waals surface area contributed by atoms with Crippen molar-refractivity contribution in [3.63, 3.8) is 0 Å². The lowest BCUT2D eigenvalue weighted by atomic mass is 10.2. The third-order valence-electron chi connectivity index (χ3n) is 4.68. The van der Waals surface area contributed by atoms with E-state index >= 15 is 0 Å². The second-order valence-corrected chi connectivity index (χ2v) is 7.89. The second kappa shape index (κ2) is 9.16. The number of carboxylic acids is 1. The number of carboxylic acid groups (broad SMARTS) is 1. The number of carbonyl (C=O) groups is 1. The van der Waals surface area contributed by atoms with Gasteiger partial charge in [0.15, 0.2) is 5.69 Å². The van der Waals surface area contributed by atoms with E-state index in [9.17, 15) is 15.0 Å². The van der Waals surface area contributed by atoms with E-state index in [4.69, 9.17) is 5.11 Å². The first-order chi connectivity index (χ1) is 15.4. The highest BCUT2D eigenvalue weighted by molar-refractivity contribution is 7.99. The third kappa shape index (κ3) is 4.45. The molecular weight excluding hydrogens is 434 g/mol. The van der Waals surface area contributed by atoms with E-state index in [1.165, 1.54) is 40.7 Å². The van der Waals surface area contributed by atoms with Gasteiger partial charge in [-0.25, -0.2) is 9.48 Å². The van der Waals surface area contributed by atoms with E-state index in [-0.39, 0.29) is 23.7 Å². The molecule has 4 aromatic rings. The van der Waals surface area contributed by atoms with Crippen molar-refractivity contribution in [2.45, 2.75) is 17.8 Å². The smallest absolute Gasteiger partial charge is 0.335 e. The Morgan fingerprint density at radius 2 is 1.91 bits per heavy atom. The zero-order valence-electron chi connectivity index (χ0n) is 16.9. The number of rotatable bonds is 8. The number of aliphatic hydroxyl groups is 1. The van der Waals surface area contributed by atoms with Crippen LogP contribution in [0.4, 0.5) is 11.4 Å². The maximum atomic E-state index is 11.0. The van der Waals surface area contributed by atoms with Crippen LogP contribution in [-0.4, -0.2) is 57.9 Å². The van der Waals surface area contributed by atoms with Gasteiger partial charge in [0.05, 0.1) is 29.4 Å². The molecule has 0 fully saturated rings. The summed E-state index contributed by atoms with van der Waals surface area (Å²) in [5, 5.41) is 51.1. The first kappa shape index (κ1) is 21.5. The van der Waals surface area contributed by atoms with Crippen LogP contribution >= 0.6 is 11.8 Å². The molecule has 0 amide bonds. The topological polar surface area (TPSA) is 151 Å². The summed E-state index contributed by atoms with van der Waals surface area (Å²) in [4.78, 5) is 11.0. The van der Waals surface area contributed by atoms with Gasteiger partial charge >= 0.3 is 5.97 Å². The van der Waals surface area contributed by atoms with Crippen LogP contribution in [0, 0.1) is 0 Å². The van der Waals surface area contributed by atoms with Crippen molar-refractivity contribution in [1.82, 2.24) is 24.8 Å². The molecule has 0 aliphatic rings. The first-order valence-corrected chi connectivity index (χ1v) is 10.5. The number of thioether (sulfide) groups is 1. The number of fused-ring (bicyclic) bond motifs is 1. The molecule has 3 N–H and O–H groups in total. The zero-order chi connectivity index (χ0) is 22.7. The average molecular weight is 453 g/mol. The Morgan fingerprint density at radius 3 is 2.59 bits per heavy atom. The predicted molar refractivity (Wildman–Crippen MR) is 117 cm³/mol. The quantitative estimate of drug-likeness (QED) is 0.272. The Balaban J connectivity index is 1.57. The Morgan fingerprint density at radius 1 is 1.16 bits per heavy atom. The van der Waals surface area contributed by atoms with Crippen molar-refractivity contribution >= 4 is 40.0 Å². The van der Waals surface area contributed by atoms with E-state index in [0.29, 0.717) is 27.5 Å². The molecule has 11 nitrogen and oxygen atoms in total. The molecule has 1 unspecified atom stereocenters. The standard InChI is InChI=1S/C20H19N7O4S/c1-26-20(23-24-25-26)32-11-14(28)10-27-16-5-3-2-4-15(16)17(18(27)29)22-21-13-8-6-12(7-9-13)19(30)31/h2-9,14,28-29H,10-11H2,1H3,(H,30,31). The van der Waals surface area contributed by atoms with Crippen LogP contribution < -0.4 is 0 Å². The molecule has 4 rings (SSSR count). The maximum absolute atomic E-state index is 11.0. The van der Waals surface area contributed by atoms with E-state index < -0.39 is 12.1 Å². The van der Waals surface area contributed by atoms with Gasteiger partial charge in [-0.2, -0.15) is 5.11 Å². The molecule has 0 spiro atoms. The van der Waals surface area contributed by atoms with Gasteiger partial charge in [0.1, 0.15) is 0 Å². The fourth-order valence-corrected chi connectivity index (χ4v) is 3.88. The van der Waals surface area contributed by atoms with E-state index in [0.717, 1.165) is 0 Å². The first-order valence-electron chi connectivity index (χ1n) is 9.52. The van der Waals surface area contributed by atoms with Crippen molar-refractivity contribution in [3.8, 4) is 5.88 Å². The van der Waals surface area contributed by atoms with Gasteiger partial charge in [0.2, 0.25) is 11.0 Å². The number of aromatic nitrogens is 5. The molecule has 0 aliphatic carbocycles. The molecule has 0 aliphatic heterocycles. The number of aliphatic hydroxyl groups excluding tert-OH is 1. The summed E-state index contributed by atoms with van der Waals surface area (Å²) in [5.74, 6) is -0.824. The van der Waals surface area contributed by atoms with Crippen LogP contribution in [0.3, 0.4) is 0 Å². The predicted octanol–water partition coefficient (Wildman–Crippen LogP) is 3.14. The molecule has 1 atom stereocenters. The van der Waals surface area contributed by atoms with Gasteiger partial charge in [-0.3, -0.25) is 0 Å². The Kier molecular flexibility index (Phi) is 6.14. The summed E-state index contributed by atoms with van der Waals surface area (Å²) in [5.41, 5.74) is 1.55. The number of aromatic hydroxyl groups is 1. The van der Waals surface area contributed by atoms with Gasteiger partial charge in [-0.1, -0.05) is 30.0 Å². The van der Waals surface area contributed by atoms with E-state index in [1.807, 2.05) is 18.2 Å². The molecule has 32 heavy (non-hydrogen) atoms. The van der Waals surface area contributed by atoms with Gasteiger partial charge in [0.25, 0.3) is 0 Å². The van der Waals surface area contributed by atoms with Crippen LogP contribution in [0.2, 0.25) is 0 Å². The summed E-state index contributed by atoms with van der Waals surface area (Å²) < 4.78 is 3.10. The van der Waals surface area contributed by atoms with Crippen LogP contribution in [0.5, 0.6) is 5.88 Å². The fourth-order valence-electron chi connectivity index (χ4n) is 3.11. The summed E-state index contributed by atoms with van der Waals surface area (Å²) in [6, 6.07) is 13.2. The number of aryl methyl sites for hydroxylation is 1. The molecule has 0 radical (unpaired) electrons. The number of tetrazole rings is 1. The van der Waals surface area contributed by atoms with E-state index in [1.54, 1.807) is 17.7 Å². The second-order valence-electron chi connectivity index (χ2n) is 6.90.